The second-order valence-electron chi connectivity index (χ2n) is 8.52. The number of rotatable bonds is 5. The van der Waals surface area contributed by atoms with E-state index in [4.69, 9.17) is 0 Å². The van der Waals surface area contributed by atoms with E-state index in [0.29, 0.717) is 17.9 Å². The van der Waals surface area contributed by atoms with Crippen LogP contribution in [0.3, 0.4) is 0 Å². The van der Waals surface area contributed by atoms with E-state index in [-0.39, 0.29) is 22.6 Å². The van der Waals surface area contributed by atoms with E-state index in [1.54, 1.807) is 12.1 Å². The molecule has 2 aliphatic rings. The molecule has 1 heterocycles. The Morgan fingerprint density at radius 1 is 1.21 bits per heavy atom. The maximum atomic E-state index is 12.8. The van der Waals surface area contributed by atoms with E-state index < -0.39 is 0 Å². The molecule has 2 fully saturated rings. The summed E-state index contributed by atoms with van der Waals surface area (Å²) < 4.78 is 0. The molecular formula is C21H33N4O3+. The molecule has 4 atom stereocenters. The number of hydrogen-bond donors (Lipinski definition) is 2. The molecule has 28 heavy (non-hydrogen) atoms. The largest absolute Gasteiger partial charge is 0.360 e. The fourth-order valence-corrected chi connectivity index (χ4v) is 4.55. The van der Waals surface area contributed by atoms with Crippen LogP contribution in [0.5, 0.6) is 0 Å². The fourth-order valence-electron chi connectivity index (χ4n) is 4.55. The van der Waals surface area contributed by atoms with Crippen LogP contribution < -0.4 is 15.1 Å². The van der Waals surface area contributed by atoms with Gasteiger partial charge in [0.25, 0.3) is 11.6 Å². The van der Waals surface area contributed by atoms with Gasteiger partial charge < -0.3 is 15.1 Å². The minimum atomic E-state index is -0.375. The molecule has 0 bridgehead atoms. The van der Waals surface area contributed by atoms with Gasteiger partial charge in [-0.15, -0.1) is 0 Å². The molecule has 1 amide bonds. The highest BCUT2D eigenvalue weighted by molar-refractivity contribution is 5.80. The molecule has 154 valence electrons. The summed E-state index contributed by atoms with van der Waals surface area (Å²) in [5.74, 6) is 1.38. The van der Waals surface area contributed by atoms with E-state index in [1.165, 1.54) is 17.7 Å². The average Bonchev–Trinajstić information content (AvgIpc) is 2.71. The van der Waals surface area contributed by atoms with Crippen LogP contribution in [0.15, 0.2) is 24.3 Å². The molecule has 3 rings (SSSR count). The van der Waals surface area contributed by atoms with Crippen molar-refractivity contribution in [2.45, 2.75) is 52.1 Å². The Kier molecular flexibility index (Phi) is 6.54. The highest BCUT2D eigenvalue weighted by Gasteiger charge is 2.33. The standard InChI is InChI=1S/C21H32N4O3/c1-15-5-4-6-20(16(15)2)22-21(26)17(3)23-11-13-24(14-12-23)18-7-9-19(10-8-18)25(27)28/h7-10,15-17,20H,4-6,11-14H2,1-3H3,(H,22,26)/p+1/t15-,16+,17+,20+/m0/s1. The summed E-state index contributed by atoms with van der Waals surface area (Å²) in [6.45, 7) is 10.1. The Morgan fingerprint density at radius 2 is 1.86 bits per heavy atom. The van der Waals surface area contributed by atoms with Crippen molar-refractivity contribution in [3.8, 4) is 0 Å². The third-order valence-corrected chi connectivity index (χ3v) is 6.87. The highest BCUT2D eigenvalue weighted by atomic mass is 16.6. The van der Waals surface area contributed by atoms with Gasteiger partial charge in [-0.25, -0.2) is 0 Å². The van der Waals surface area contributed by atoms with Crippen molar-refractivity contribution in [2.75, 3.05) is 31.1 Å². The van der Waals surface area contributed by atoms with Crippen LogP contribution in [-0.4, -0.2) is 49.1 Å². The summed E-state index contributed by atoms with van der Waals surface area (Å²) in [6.07, 6.45) is 3.55. The van der Waals surface area contributed by atoms with Gasteiger partial charge in [-0.3, -0.25) is 14.9 Å². The molecule has 1 aromatic rings. The summed E-state index contributed by atoms with van der Waals surface area (Å²) in [7, 11) is 0. The molecule has 1 aliphatic carbocycles. The number of non-ortho nitro benzene ring substituents is 1. The predicted octanol–water partition coefficient (Wildman–Crippen LogP) is 1.63. The summed E-state index contributed by atoms with van der Waals surface area (Å²) in [5.41, 5.74) is 1.12. The van der Waals surface area contributed by atoms with Crippen molar-refractivity contribution in [1.29, 1.82) is 0 Å². The Balaban J connectivity index is 1.51. The van der Waals surface area contributed by atoms with Crippen LogP contribution in [0, 0.1) is 22.0 Å². The molecule has 1 saturated carbocycles. The maximum absolute atomic E-state index is 12.8. The van der Waals surface area contributed by atoms with Gasteiger partial charge in [-0.05, 0) is 37.3 Å². The number of piperazine rings is 1. The minimum Gasteiger partial charge on any atom is -0.360 e. The zero-order valence-corrected chi connectivity index (χ0v) is 17.2. The summed E-state index contributed by atoms with van der Waals surface area (Å²) in [4.78, 5) is 26.8. The van der Waals surface area contributed by atoms with Crippen molar-refractivity contribution < 1.29 is 14.6 Å². The number of nitrogens with zero attached hydrogens (tertiary/aromatic N) is 2. The molecule has 1 saturated heterocycles. The zero-order chi connectivity index (χ0) is 20.3. The van der Waals surface area contributed by atoms with Gasteiger partial charge in [-0.1, -0.05) is 26.7 Å². The first-order valence-corrected chi connectivity index (χ1v) is 10.5. The number of carbonyl (C=O) groups excluding carboxylic acids is 1. The lowest BCUT2D eigenvalue weighted by atomic mass is 9.78. The predicted molar refractivity (Wildman–Crippen MR) is 110 cm³/mol. The number of benzene rings is 1. The molecule has 2 N–H and O–H groups in total. The molecule has 0 spiro atoms. The molecule has 7 heteroatoms. The molecule has 0 radical (unpaired) electrons. The smallest absolute Gasteiger partial charge is 0.278 e. The number of anilines is 1. The van der Waals surface area contributed by atoms with Crippen molar-refractivity contribution in [2.24, 2.45) is 11.8 Å². The molecule has 1 aliphatic heterocycles. The molecule has 7 nitrogen and oxygen atoms in total. The normalized spacial score (nSPS) is 27.2. The second-order valence-corrected chi connectivity index (χ2v) is 8.52. The van der Waals surface area contributed by atoms with Crippen molar-refractivity contribution in [3.05, 3.63) is 34.4 Å². The quantitative estimate of drug-likeness (QED) is 0.593. The van der Waals surface area contributed by atoms with Gasteiger partial charge in [0.1, 0.15) is 0 Å². The van der Waals surface area contributed by atoms with E-state index >= 15 is 0 Å². The summed E-state index contributed by atoms with van der Waals surface area (Å²) in [6, 6.07) is 6.98. The number of hydrogen-bond acceptors (Lipinski definition) is 4. The Labute approximate surface area is 167 Å². The first kappa shape index (κ1) is 20.6. The number of carbonyl (C=O) groups is 1. The van der Waals surface area contributed by atoms with Gasteiger partial charge in [0.15, 0.2) is 6.04 Å². The summed E-state index contributed by atoms with van der Waals surface area (Å²) >= 11 is 0. The highest BCUT2D eigenvalue weighted by Crippen LogP contribution is 2.29. The van der Waals surface area contributed by atoms with Crippen LogP contribution in [0.25, 0.3) is 0 Å². The van der Waals surface area contributed by atoms with Gasteiger partial charge in [0, 0.05) is 23.9 Å². The molecule has 0 aromatic heterocycles. The van der Waals surface area contributed by atoms with Crippen LogP contribution in [0.4, 0.5) is 11.4 Å². The van der Waals surface area contributed by atoms with Crippen molar-refractivity contribution in [3.63, 3.8) is 0 Å². The van der Waals surface area contributed by atoms with Crippen molar-refractivity contribution >= 4 is 17.3 Å². The Bertz CT molecular complexity index is 685. The summed E-state index contributed by atoms with van der Waals surface area (Å²) in [5, 5.41) is 14.1. The van der Waals surface area contributed by atoms with Crippen LogP contribution in [-0.2, 0) is 4.79 Å². The van der Waals surface area contributed by atoms with Crippen LogP contribution in [0.2, 0.25) is 0 Å². The van der Waals surface area contributed by atoms with E-state index in [9.17, 15) is 14.9 Å². The molecule has 0 unspecified atom stereocenters. The van der Waals surface area contributed by atoms with Crippen molar-refractivity contribution in [1.82, 2.24) is 5.32 Å². The zero-order valence-electron chi connectivity index (χ0n) is 17.2. The van der Waals surface area contributed by atoms with E-state index in [0.717, 1.165) is 38.3 Å². The van der Waals surface area contributed by atoms with Crippen LogP contribution >= 0.6 is 0 Å². The average molecular weight is 390 g/mol. The van der Waals surface area contributed by atoms with Gasteiger partial charge in [0.2, 0.25) is 0 Å². The minimum absolute atomic E-state index is 0.0524. The van der Waals surface area contributed by atoms with E-state index in [2.05, 4.69) is 24.1 Å². The number of nitro groups is 1. The number of nitrogens with one attached hydrogen (secondary N) is 2. The Hall–Kier alpha value is -2.15. The fraction of sp³-hybridized carbons (Fsp3) is 0.667. The maximum Gasteiger partial charge on any atom is 0.278 e. The number of nitro benzene ring substituents is 1. The number of quaternary nitrogens is 1. The first-order valence-electron chi connectivity index (χ1n) is 10.5. The third kappa shape index (κ3) is 4.63. The number of amides is 1. The van der Waals surface area contributed by atoms with E-state index in [1.807, 2.05) is 19.1 Å². The van der Waals surface area contributed by atoms with Gasteiger partial charge in [-0.2, -0.15) is 0 Å². The lowest BCUT2D eigenvalue weighted by molar-refractivity contribution is -0.914. The van der Waals surface area contributed by atoms with Gasteiger partial charge in [0.05, 0.1) is 31.1 Å². The second kappa shape index (κ2) is 8.90. The topological polar surface area (TPSA) is 79.9 Å². The third-order valence-electron chi connectivity index (χ3n) is 6.87. The lowest BCUT2D eigenvalue weighted by Gasteiger charge is -2.38. The van der Waals surface area contributed by atoms with Crippen LogP contribution in [0.1, 0.15) is 40.0 Å². The SMILES string of the molecule is C[C@@H]1[C@@H](C)CCC[C@H]1NC(=O)[C@@H](C)[NH+]1CCN(c2ccc([N+](=O)[O-])cc2)CC1. The molecular weight excluding hydrogens is 356 g/mol. The molecule has 1 aromatic carbocycles. The lowest BCUT2D eigenvalue weighted by Crippen LogP contribution is -3.19. The monoisotopic (exact) mass is 389 g/mol. The van der Waals surface area contributed by atoms with Gasteiger partial charge >= 0.3 is 0 Å². The first-order chi connectivity index (χ1) is 13.4. The Morgan fingerprint density at radius 3 is 2.46 bits per heavy atom.